The van der Waals surface area contributed by atoms with Gasteiger partial charge in [-0.1, -0.05) is 48.6 Å². The van der Waals surface area contributed by atoms with E-state index in [0.717, 1.165) is 10.6 Å². The van der Waals surface area contributed by atoms with Crippen molar-refractivity contribution >= 4 is 28.2 Å². The number of hydrogen-bond acceptors (Lipinski definition) is 6. The molecule has 0 saturated carbocycles. The second-order valence-corrected chi connectivity index (χ2v) is 6.73. The first-order valence-corrected chi connectivity index (χ1v) is 9.10. The maximum atomic E-state index is 12.3. The van der Waals surface area contributed by atoms with Crippen molar-refractivity contribution in [3.05, 3.63) is 59.1 Å². The Labute approximate surface area is 161 Å². The van der Waals surface area contributed by atoms with Gasteiger partial charge in [-0.15, -0.1) is 10.2 Å². The number of hydrogen-bond donors (Lipinski definition) is 2. The highest BCUT2D eigenvalue weighted by Crippen LogP contribution is 2.30. The number of methoxy groups -OCH3 is 2. The Balaban J connectivity index is 1.66. The van der Waals surface area contributed by atoms with Gasteiger partial charge in [-0.2, -0.15) is 0 Å². The van der Waals surface area contributed by atoms with Crippen molar-refractivity contribution < 1.29 is 14.3 Å². The Morgan fingerprint density at radius 1 is 1.04 bits per heavy atom. The largest absolute Gasteiger partial charge is 0.497 e. The fourth-order valence-corrected chi connectivity index (χ4v) is 3.31. The molecule has 140 valence electrons. The van der Waals surface area contributed by atoms with Crippen molar-refractivity contribution in [3.63, 3.8) is 0 Å². The van der Waals surface area contributed by atoms with Crippen LogP contribution < -0.4 is 20.1 Å². The average molecular weight is 384 g/mol. The quantitative estimate of drug-likeness (QED) is 0.660. The average Bonchev–Trinajstić information content (AvgIpc) is 3.16. The number of amides is 2. The van der Waals surface area contributed by atoms with Gasteiger partial charge in [0.05, 0.1) is 19.9 Å². The van der Waals surface area contributed by atoms with E-state index >= 15 is 0 Å². The SMILES string of the molecule is COc1ccc(NC(=O)Nc2nnc(C(C)c3ccccc3)s2)c(OC)c1. The van der Waals surface area contributed by atoms with E-state index in [1.807, 2.05) is 30.3 Å². The molecule has 7 nitrogen and oxygen atoms in total. The number of nitrogens with zero attached hydrogens (tertiary/aromatic N) is 2. The van der Waals surface area contributed by atoms with Crippen LogP contribution in [0.15, 0.2) is 48.5 Å². The van der Waals surface area contributed by atoms with E-state index < -0.39 is 6.03 Å². The minimum absolute atomic E-state index is 0.101. The van der Waals surface area contributed by atoms with Crippen LogP contribution in [0.5, 0.6) is 11.5 Å². The minimum atomic E-state index is -0.423. The summed E-state index contributed by atoms with van der Waals surface area (Å²) in [6, 6.07) is 14.8. The normalized spacial score (nSPS) is 11.5. The molecule has 0 saturated heterocycles. The molecule has 0 fully saturated rings. The zero-order valence-electron chi connectivity index (χ0n) is 15.2. The molecule has 2 aromatic carbocycles. The fraction of sp³-hybridized carbons (Fsp3) is 0.211. The zero-order valence-corrected chi connectivity index (χ0v) is 16.0. The van der Waals surface area contributed by atoms with E-state index in [-0.39, 0.29) is 5.92 Å². The van der Waals surface area contributed by atoms with Gasteiger partial charge in [0, 0.05) is 12.0 Å². The van der Waals surface area contributed by atoms with Crippen molar-refractivity contribution in [2.24, 2.45) is 0 Å². The van der Waals surface area contributed by atoms with Crippen LogP contribution in [0.4, 0.5) is 15.6 Å². The molecule has 0 aliphatic rings. The molecule has 0 aliphatic heterocycles. The lowest BCUT2D eigenvalue weighted by Crippen LogP contribution is -2.19. The van der Waals surface area contributed by atoms with E-state index in [2.05, 4.69) is 27.8 Å². The molecule has 1 atom stereocenters. The van der Waals surface area contributed by atoms with Crippen LogP contribution in [0.2, 0.25) is 0 Å². The van der Waals surface area contributed by atoms with E-state index in [1.165, 1.54) is 18.4 Å². The van der Waals surface area contributed by atoms with Gasteiger partial charge < -0.3 is 14.8 Å². The Kier molecular flexibility index (Phi) is 5.87. The standard InChI is InChI=1S/C19H20N4O3S/c1-12(13-7-5-4-6-8-13)17-22-23-19(27-17)21-18(24)20-15-10-9-14(25-2)11-16(15)26-3/h4-12H,1-3H3,(H2,20,21,23,24). The van der Waals surface area contributed by atoms with Gasteiger partial charge in [-0.25, -0.2) is 4.79 Å². The molecule has 0 bridgehead atoms. The number of urea groups is 1. The molecule has 0 radical (unpaired) electrons. The first-order chi connectivity index (χ1) is 13.1. The molecule has 8 heteroatoms. The third-order valence-corrected chi connectivity index (χ3v) is 5.01. The predicted octanol–water partition coefficient (Wildman–Crippen LogP) is 4.35. The number of rotatable bonds is 6. The molecule has 2 N–H and O–H groups in total. The van der Waals surface area contributed by atoms with Gasteiger partial charge in [0.1, 0.15) is 16.5 Å². The predicted molar refractivity (Wildman–Crippen MR) is 106 cm³/mol. The summed E-state index contributed by atoms with van der Waals surface area (Å²) in [4.78, 5) is 12.3. The minimum Gasteiger partial charge on any atom is -0.497 e. The van der Waals surface area contributed by atoms with Gasteiger partial charge in [0.2, 0.25) is 5.13 Å². The van der Waals surface area contributed by atoms with E-state index in [9.17, 15) is 4.79 Å². The molecular formula is C19H20N4O3S. The summed E-state index contributed by atoms with van der Waals surface area (Å²) in [5.74, 6) is 1.24. The van der Waals surface area contributed by atoms with Crippen LogP contribution in [0.25, 0.3) is 0 Å². The van der Waals surface area contributed by atoms with Crippen molar-refractivity contribution in [2.45, 2.75) is 12.8 Å². The van der Waals surface area contributed by atoms with Gasteiger partial charge in [0.15, 0.2) is 0 Å². The lowest BCUT2D eigenvalue weighted by Gasteiger charge is -2.11. The Bertz CT molecular complexity index is 914. The van der Waals surface area contributed by atoms with Crippen molar-refractivity contribution in [1.29, 1.82) is 0 Å². The number of carbonyl (C=O) groups is 1. The lowest BCUT2D eigenvalue weighted by atomic mass is 10.0. The Morgan fingerprint density at radius 3 is 2.52 bits per heavy atom. The molecule has 27 heavy (non-hydrogen) atoms. The second kappa shape index (κ2) is 8.50. The number of anilines is 2. The Morgan fingerprint density at radius 2 is 1.81 bits per heavy atom. The second-order valence-electron chi connectivity index (χ2n) is 5.72. The highest BCUT2D eigenvalue weighted by Gasteiger charge is 2.16. The van der Waals surface area contributed by atoms with Crippen LogP contribution >= 0.6 is 11.3 Å². The topological polar surface area (TPSA) is 85.4 Å². The van der Waals surface area contributed by atoms with Crippen LogP contribution in [0, 0.1) is 0 Å². The summed E-state index contributed by atoms with van der Waals surface area (Å²) in [5.41, 5.74) is 1.67. The first-order valence-electron chi connectivity index (χ1n) is 8.29. The van der Waals surface area contributed by atoms with Crippen molar-refractivity contribution in [2.75, 3.05) is 24.9 Å². The van der Waals surface area contributed by atoms with Crippen molar-refractivity contribution in [1.82, 2.24) is 10.2 Å². The fourth-order valence-electron chi connectivity index (χ4n) is 2.50. The summed E-state index contributed by atoms with van der Waals surface area (Å²) in [5, 5.41) is 15.0. The van der Waals surface area contributed by atoms with Gasteiger partial charge in [-0.3, -0.25) is 5.32 Å². The van der Waals surface area contributed by atoms with Gasteiger partial charge in [0.25, 0.3) is 0 Å². The summed E-state index contributed by atoms with van der Waals surface area (Å²) < 4.78 is 10.4. The first kappa shape index (κ1) is 18.7. The number of carbonyl (C=O) groups excluding carboxylic acids is 1. The zero-order chi connectivity index (χ0) is 19.2. The van der Waals surface area contributed by atoms with E-state index in [0.29, 0.717) is 22.3 Å². The van der Waals surface area contributed by atoms with Crippen LogP contribution in [0.3, 0.4) is 0 Å². The molecule has 1 unspecified atom stereocenters. The van der Waals surface area contributed by atoms with Crippen LogP contribution in [-0.2, 0) is 0 Å². The summed E-state index contributed by atoms with van der Waals surface area (Å²) in [7, 11) is 3.10. The lowest BCUT2D eigenvalue weighted by molar-refractivity contribution is 0.262. The van der Waals surface area contributed by atoms with Crippen LogP contribution in [-0.4, -0.2) is 30.4 Å². The Hall–Kier alpha value is -3.13. The van der Waals surface area contributed by atoms with Gasteiger partial charge >= 0.3 is 6.03 Å². The summed E-state index contributed by atoms with van der Waals surface area (Å²) in [6.07, 6.45) is 0. The molecular weight excluding hydrogens is 364 g/mol. The molecule has 3 aromatic rings. The number of nitrogens with one attached hydrogen (secondary N) is 2. The number of ether oxygens (including phenoxy) is 2. The third-order valence-electron chi connectivity index (χ3n) is 3.99. The van der Waals surface area contributed by atoms with Gasteiger partial charge in [-0.05, 0) is 17.7 Å². The molecule has 0 aliphatic carbocycles. The molecule has 3 rings (SSSR count). The molecule has 0 spiro atoms. The smallest absolute Gasteiger partial charge is 0.325 e. The monoisotopic (exact) mass is 384 g/mol. The van der Waals surface area contributed by atoms with E-state index in [1.54, 1.807) is 25.3 Å². The molecule has 2 amide bonds. The molecule has 1 aromatic heterocycles. The maximum absolute atomic E-state index is 12.3. The third kappa shape index (κ3) is 4.53. The highest BCUT2D eigenvalue weighted by atomic mass is 32.1. The number of benzene rings is 2. The number of aromatic nitrogens is 2. The maximum Gasteiger partial charge on any atom is 0.325 e. The molecule has 1 heterocycles. The van der Waals surface area contributed by atoms with Crippen LogP contribution in [0.1, 0.15) is 23.4 Å². The van der Waals surface area contributed by atoms with E-state index in [4.69, 9.17) is 9.47 Å². The summed E-state index contributed by atoms with van der Waals surface area (Å²) >= 11 is 1.35. The van der Waals surface area contributed by atoms with Crippen molar-refractivity contribution in [3.8, 4) is 11.5 Å². The highest BCUT2D eigenvalue weighted by molar-refractivity contribution is 7.15. The summed E-state index contributed by atoms with van der Waals surface area (Å²) in [6.45, 7) is 2.06.